The second-order valence-electron chi connectivity index (χ2n) is 5.62. The SMILES string of the molecule is CN(Cc1ccc2c(c1)OCCO2)C(=S)NCc1ccc(F)cc1. The molecular weight excluding hydrogens is 327 g/mol. The molecule has 0 saturated heterocycles. The Morgan fingerprint density at radius 3 is 2.50 bits per heavy atom. The molecule has 0 radical (unpaired) electrons. The maximum absolute atomic E-state index is 12.9. The largest absolute Gasteiger partial charge is 0.486 e. The predicted molar refractivity (Wildman–Crippen MR) is 94.7 cm³/mol. The Morgan fingerprint density at radius 1 is 1.08 bits per heavy atom. The van der Waals surface area contributed by atoms with Gasteiger partial charge in [0.1, 0.15) is 19.0 Å². The molecule has 0 aliphatic carbocycles. The fourth-order valence-electron chi connectivity index (χ4n) is 2.45. The van der Waals surface area contributed by atoms with Crippen LogP contribution in [0, 0.1) is 5.82 Å². The van der Waals surface area contributed by atoms with Crippen molar-refractivity contribution >= 4 is 17.3 Å². The molecule has 6 heteroatoms. The van der Waals surface area contributed by atoms with Crippen molar-refractivity contribution in [2.24, 2.45) is 0 Å². The van der Waals surface area contributed by atoms with Crippen molar-refractivity contribution in [3.63, 3.8) is 0 Å². The summed E-state index contributed by atoms with van der Waals surface area (Å²) in [6.07, 6.45) is 0. The van der Waals surface area contributed by atoms with Crippen LogP contribution in [-0.4, -0.2) is 30.3 Å². The van der Waals surface area contributed by atoms with E-state index < -0.39 is 0 Å². The highest BCUT2D eigenvalue weighted by Crippen LogP contribution is 2.31. The van der Waals surface area contributed by atoms with Gasteiger partial charge in [0, 0.05) is 20.1 Å². The summed E-state index contributed by atoms with van der Waals surface area (Å²) in [7, 11) is 1.93. The molecule has 0 unspecified atom stereocenters. The third-order valence-electron chi connectivity index (χ3n) is 3.73. The molecule has 2 aromatic rings. The number of fused-ring (bicyclic) bond motifs is 1. The quantitative estimate of drug-likeness (QED) is 0.861. The van der Waals surface area contributed by atoms with Gasteiger partial charge in [-0.25, -0.2) is 4.39 Å². The van der Waals surface area contributed by atoms with E-state index in [4.69, 9.17) is 21.7 Å². The average Bonchev–Trinajstić information content (AvgIpc) is 2.61. The standard InChI is InChI=1S/C18H19FN2O2S/c1-21(18(24)20-11-13-2-5-15(19)6-3-13)12-14-4-7-16-17(10-14)23-9-8-22-16/h2-7,10H,8-9,11-12H2,1H3,(H,20,24). The number of nitrogens with one attached hydrogen (secondary N) is 1. The van der Waals surface area contributed by atoms with Crippen LogP contribution in [0.2, 0.25) is 0 Å². The summed E-state index contributed by atoms with van der Waals surface area (Å²) in [5.41, 5.74) is 2.07. The predicted octanol–water partition coefficient (Wildman–Crippen LogP) is 3.10. The lowest BCUT2D eigenvalue weighted by Crippen LogP contribution is -2.36. The van der Waals surface area contributed by atoms with E-state index in [0.717, 1.165) is 22.6 Å². The molecule has 0 aromatic heterocycles. The lowest BCUT2D eigenvalue weighted by molar-refractivity contribution is 0.171. The Hall–Kier alpha value is -2.34. The van der Waals surface area contributed by atoms with Crippen molar-refractivity contribution in [3.05, 3.63) is 59.4 Å². The summed E-state index contributed by atoms with van der Waals surface area (Å²) in [5, 5.41) is 3.81. The Morgan fingerprint density at radius 2 is 1.75 bits per heavy atom. The number of ether oxygens (including phenoxy) is 2. The highest BCUT2D eigenvalue weighted by Gasteiger charge is 2.13. The van der Waals surface area contributed by atoms with Gasteiger partial charge in [0.05, 0.1) is 0 Å². The molecule has 1 heterocycles. The van der Waals surface area contributed by atoms with Crippen molar-refractivity contribution in [2.75, 3.05) is 20.3 Å². The van der Waals surface area contributed by atoms with Gasteiger partial charge in [-0.3, -0.25) is 0 Å². The van der Waals surface area contributed by atoms with E-state index in [0.29, 0.717) is 31.4 Å². The van der Waals surface area contributed by atoms with E-state index in [1.54, 1.807) is 12.1 Å². The van der Waals surface area contributed by atoms with Gasteiger partial charge < -0.3 is 19.7 Å². The van der Waals surface area contributed by atoms with E-state index in [-0.39, 0.29) is 5.82 Å². The molecule has 0 spiro atoms. The number of nitrogens with zero attached hydrogens (tertiary/aromatic N) is 1. The van der Waals surface area contributed by atoms with Crippen LogP contribution in [0.4, 0.5) is 4.39 Å². The van der Waals surface area contributed by atoms with Crippen molar-refractivity contribution in [1.29, 1.82) is 0 Å². The molecule has 4 nitrogen and oxygen atoms in total. The van der Waals surface area contributed by atoms with Gasteiger partial charge in [-0.1, -0.05) is 18.2 Å². The van der Waals surface area contributed by atoms with Crippen LogP contribution in [-0.2, 0) is 13.1 Å². The second-order valence-corrected chi connectivity index (χ2v) is 6.01. The van der Waals surface area contributed by atoms with Crippen LogP contribution in [0.3, 0.4) is 0 Å². The first-order chi connectivity index (χ1) is 11.6. The van der Waals surface area contributed by atoms with Crippen molar-refractivity contribution < 1.29 is 13.9 Å². The third kappa shape index (κ3) is 4.14. The van der Waals surface area contributed by atoms with Crippen LogP contribution in [0.15, 0.2) is 42.5 Å². The minimum atomic E-state index is -0.239. The summed E-state index contributed by atoms with van der Waals surface area (Å²) in [6, 6.07) is 12.3. The molecule has 0 fully saturated rings. The summed E-state index contributed by atoms with van der Waals surface area (Å²) >= 11 is 5.41. The van der Waals surface area contributed by atoms with E-state index in [9.17, 15) is 4.39 Å². The zero-order chi connectivity index (χ0) is 16.9. The number of benzene rings is 2. The Balaban J connectivity index is 1.55. The smallest absolute Gasteiger partial charge is 0.169 e. The molecule has 0 saturated carbocycles. The Bertz CT molecular complexity index is 721. The molecular formula is C18H19FN2O2S. The van der Waals surface area contributed by atoms with Gasteiger partial charge in [0.2, 0.25) is 0 Å². The molecule has 126 valence electrons. The maximum Gasteiger partial charge on any atom is 0.169 e. The average molecular weight is 346 g/mol. The lowest BCUT2D eigenvalue weighted by Gasteiger charge is -2.23. The molecule has 3 rings (SSSR count). The molecule has 1 aliphatic heterocycles. The van der Waals surface area contributed by atoms with E-state index in [1.165, 1.54) is 12.1 Å². The first kappa shape index (κ1) is 16.5. The molecule has 24 heavy (non-hydrogen) atoms. The van der Waals surface area contributed by atoms with E-state index >= 15 is 0 Å². The first-order valence-electron chi connectivity index (χ1n) is 7.74. The molecule has 2 aromatic carbocycles. The highest BCUT2D eigenvalue weighted by atomic mass is 32.1. The van der Waals surface area contributed by atoms with Gasteiger partial charge in [0.25, 0.3) is 0 Å². The summed E-state index contributed by atoms with van der Waals surface area (Å²) in [6.45, 7) is 2.38. The number of rotatable bonds is 4. The van der Waals surface area contributed by atoms with Crippen LogP contribution in [0.5, 0.6) is 11.5 Å². The number of halogens is 1. The van der Waals surface area contributed by atoms with Crippen LogP contribution in [0.25, 0.3) is 0 Å². The van der Waals surface area contributed by atoms with Crippen LogP contribution < -0.4 is 14.8 Å². The topological polar surface area (TPSA) is 33.7 Å². The molecule has 1 aliphatic rings. The lowest BCUT2D eigenvalue weighted by atomic mass is 10.2. The molecule has 1 N–H and O–H groups in total. The molecule has 0 bridgehead atoms. The number of thiocarbonyl (C=S) groups is 1. The monoisotopic (exact) mass is 346 g/mol. The highest BCUT2D eigenvalue weighted by molar-refractivity contribution is 7.80. The van der Waals surface area contributed by atoms with E-state index in [1.807, 2.05) is 30.1 Å². The van der Waals surface area contributed by atoms with Gasteiger partial charge in [-0.05, 0) is 47.6 Å². The second kappa shape index (κ2) is 7.49. The summed E-state index contributed by atoms with van der Waals surface area (Å²) in [5.74, 6) is 1.32. The van der Waals surface area contributed by atoms with Crippen LogP contribution >= 0.6 is 12.2 Å². The number of hydrogen-bond acceptors (Lipinski definition) is 3. The van der Waals surface area contributed by atoms with Crippen molar-refractivity contribution in [2.45, 2.75) is 13.1 Å². The maximum atomic E-state index is 12.9. The Kier molecular flexibility index (Phi) is 5.15. The van der Waals surface area contributed by atoms with Gasteiger partial charge >= 0.3 is 0 Å². The molecule has 0 atom stereocenters. The van der Waals surface area contributed by atoms with Crippen molar-refractivity contribution in [3.8, 4) is 11.5 Å². The zero-order valence-electron chi connectivity index (χ0n) is 13.4. The Labute approximate surface area is 146 Å². The van der Waals surface area contributed by atoms with Gasteiger partial charge in [0.15, 0.2) is 16.6 Å². The molecule has 0 amide bonds. The van der Waals surface area contributed by atoms with Gasteiger partial charge in [-0.2, -0.15) is 0 Å². The third-order valence-corrected chi connectivity index (χ3v) is 4.19. The van der Waals surface area contributed by atoms with Gasteiger partial charge in [-0.15, -0.1) is 0 Å². The van der Waals surface area contributed by atoms with E-state index in [2.05, 4.69) is 5.32 Å². The fraction of sp³-hybridized carbons (Fsp3) is 0.278. The van der Waals surface area contributed by atoms with Crippen molar-refractivity contribution in [1.82, 2.24) is 10.2 Å². The minimum absolute atomic E-state index is 0.239. The fourth-order valence-corrected chi connectivity index (χ4v) is 2.58. The number of hydrogen-bond donors (Lipinski definition) is 1. The minimum Gasteiger partial charge on any atom is -0.486 e. The summed E-state index contributed by atoms with van der Waals surface area (Å²) < 4.78 is 24.0. The normalized spacial score (nSPS) is 12.6. The first-order valence-corrected chi connectivity index (χ1v) is 8.14. The zero-order valence-corrected chi connectivity index (χ0v) is 14.2. The van der Waals surface area contributed by atoms with Crippen LogP contribution in [0.1, 0.15) is 11.1 Å². The summed E-state index contributed by atoms with van der Waals surface area (Å²) in [4.78, 5) is 1.95.